The van der Waals surface area contributed by atoms with Gasteiger partial charge in [0, 0.05) is 13.1 Å². The Kier molecular flexibility index (Phi) is 3.24. The predicted octanol–water partition coefficient (Wildman–Crippen LogP) is 1.54. The van der Waals surface area contributed by atoms with Crippen molar-refractivity contribution in [1.29, 1.82) is 0 Å². The topological polar surface area (TPSA) is 41.1 Å². The molecule has 1 aliphatic heterocycles. The van der Waals surface area contributed by atoms with Gasteiger partial charge in [0.05, 0.1) is 0 Å². The highest BCUT2D eigenvalue weighted by atomic mass is 16.2. The Morgan fingerprint density at radius 1 is 1.31 bits per heavy atom. The number of rotatable bonds is 1. The molecule has 1 spiro atoms. The molecule has 1 saturated heterocycles. The fourth-order valence-electron chi connectivity index (χ4n) is 3.58. The second-order valence-electron chi connectivity index (χ2n) is 5.89. The van der Waals surface area contributed by atoms with Crippen molar-refractivity contribution in [2.45, 2.75) is 45.6 Å². The van der Waals surface area contributed by atoms with Crippen molar-refractivity contribution in [1.82, 2.24) is 10.6 Å². The summed E-state index contributed by atoms with van der Waals surface area (Å²) in [5, 5.41) is 6.58. The normalized spacial score (nSPS) is 40.1. The van der Waals surface area contributed by atoms with Gasteiger partial charge < -0.3 is 10.6 Å². The van der Waals surface area contributed by atoms with Gasteiger partial charge in [-0.05, 0) is 30.6 Å². The lowest BCUT2D eigenvalue weighted by Crippen LogP contribution is -2.69. The molecule has 1 aliphatic carbocycles. The number of nitrogens with one attached hydrogen (secondary N) is 2. The fraction of sp³-hybridized carbons (Fsp3) is 0.923. The first-order chi connectivity index (χ1) is 7.56. The Labute approximate surface area is 98.4 Å². The maximum Gasteiger partial charge on any atom is 0.240 e. The minimum Gasteiger partial charge on any atom is -0.353 e. The Balaban J connectivity index is 2.26. The van der Waals surface area contributed by atoms with E-state index >= 15 is 0 Å². The van der Waals surface area contributed by atoms with Gasteiger partial charge in [-0.3, -0.25) is 4.79 Å². The minimum absolute atomic E-state index is 0.240. The van der Waals surface area contributed by atoms with Gasteiger partial charge in [0.15, 0.2) is 0 Å². The molecule has 1 saturated carbocycles. The van der Waals surface area contributed by atoms with Crippen molar-refractivity contribution in [2.24, 2.45) is 17.8 Å². The summed E-state index contributed by atoms with van der Waals surface area (Å²) < 4.78 is 0. The van der Waals surface area contributed by atoms with Gasteiger partial charge in [-0.15, -0.1) is 0 Å². The smallest absolute Gasteiger partial charge is 0.240 e. The quantitative estimate of drug-likeness (QED) is 0.709. The second-order valence-corrected chi connectivity index (χ2v) is 5.89. The van der Waals surface area contributed by atoms with Gasteiger partial charge in [0.2, 0.25) is 5.91 Å². The molecular formula is C13H24N2O. The number of carbonyl (C=O) groups excluding carboxylic acids is 1. The van der Waals surface area contributed by atoms with E-state index in [0.29, 0.717) is 17.8 Å². The molecular weight excluding hydrogens is 200 g/mol. The van der Waals surface area contributed by atoms with Crippen LogP contribution in [-0.2, 0) is 4.79 Å². The molecule has 2 N–H and O–H groups in total. The summed E-state index contributed by atoms with van der Waals surface area (Å²) in [5.74, 6) is 1.96. The molecule has 2 rings (SSSR count). The summed E-state index contributed by atoms with van der Waals surface area (Å²) in [6.45, 7) is 8.45. The largest absolute Gasteiger partial charge is 0.353 e. The average Bonchev–Trinajstić information content (AvgIpc) is 2.22. The zero-order chi connectivity index (χ0) is 11.8. The highest BCUT2D eigenvalue weighted by Crippen LogP contribution is 2.41. The average molecular weight is 224 g/mol. The van der Waals surface area contributed by atoms with Gasteiger partial charge >= 0.3 is 0 Å². The van der Waals surface area contributed by atoms with Gasteiger partial charge in [-0.25, -0.2) is 0 Å². The van der Waals surface area contributed by atoms with Crippen LogP contribution in [0.1, 0.15) is 40.0 Å². The van der Waals surface area contributed by atoms with Crippen molar-refractivity contribution in [3.63, 3.8) is 0 Å². The third-order valence-corrected chi connectivity index (χ3v) is 4.33. The molecule has 3 nitrogen and oxygen atoms in total. The van der Waals surface area contributed by atoms with Gasteiger partial charge in [0.25, 0.3) is 0 Å². The van der Waals surface area contributed by atoms with Gasteiger partial charge in [0.1, 0.15) is 5.54 Å². The van der Waals surface area contributed by atoms with E-state index in [1.54, 1.807) is 0 Å². The lowest BCUT2D eigenvalue weighted by atomic mass is 9.64. The summed E-state index contributed by atoms with van der Waals surface area (Å²) in [6, 6.07) is 0. The molecule has 3 heteroatoms. The Morgan fingerprint density at radius 2 is 2.06 bits per heavy atom. The van der Waals surface area contributed by atoms with E-state index in [-0.39, 0.29) is 11.4 Å². The molecule has 2 aliphatic rings. The van der Waals surface area contributed by atoms with E-state index in [4.69, 9.17) is 0 Å². The predicted molar refractivity (Wildman–Crippen MR) is 65.1 cm³/mol. The standard InChI is InChI=1S/C13H24N2O/c1-9(2)11-5-4-10(3)8-13(11)12(16)14-6-7-15-13/h9-11,15H,4-8H2,1-3H3,(H,14,16). The second kappa shape index (κ2) is 4.36. The molecule has 16 heavy (non-hydrogen) atoms. The molecule has 1 heterocycles. The van der Waals surface area contributed by atoms with Crippen LogP contribution in [0.2, 0.25) is 0 Å². The van der Waals surface area contributed by atoms with Crippen LogP contribution in [0.15, 0.2) is 0 Å². The molecule has 3 atom stereocenters. The summed E-state index contributed by atoms with van der Waals surface area (Å²) in [6.07, 6.45) is 3.44. The SMILES string of the molecule is CC1CCC(C(C)C)C2(C1)NCCNC2=O. The van der Waals surface area contributed by atoms with E-state index in [9.17, 15) is 4.79 Å². The van der Waals surface area contributed by atoms with Crippen LogP contribution in [0.3, 0.4) is 0 Å². The summed E-state index contributed by atoms with van der Waals surface area (Å²) in [7, 11) is 0. The minimum atomic E-state index is -0.274. The summed E-state index contributed by atoms with van der Waals surface area (Å²) in [5.41, 5.74) is -0.274. The molecule has 0 radical (unpaired) electrons. The molecule has 1 amide bonds. The first-order valence-corrected chi connectivity index (χ1v) is 6.59. The first kappa shape index (κ1) is 11.9. The molecule has 0 aromatic rings. The van der Waals surface area contributed by atoms with Crippen molar-refractivity contribution < 1.29 is 4.79 Å². The van der Waals surface area contributed by atoms with Gasteiger partial charge in [-0.1, -0.05) is 27.2 Å². The van der Waals surface area contributed by atoms with Crippen LogP contribution in [0, 0.1) is 17.8 Å². The number of hydrogen-bond acceptors (Lipinski definition) is 2. The van der Waals surface area contributed by atoms with Crippen molar-refractivity contribution >= 4 is 5.91 Å². The van der Waals surface area contributed by atoms with E-state index in [2.05, 4.69) is 31.4 Å². The fourth-order valence-corrected chi connectivity index (χ4v) is 3.58. The molecule has 3 unspecified atom stereocenters. The van der Waals surface area contributed by atoms with Crippen molar-refractivity contribution in [3.05, 3.63) is 0 Å². The van der Waals surface area contributed by atoms with Crippen LogP contribution < -0.4 is 10.6 Å². The highest BCUT2D eigenvalue weighted by molar-refractivity contribution is 5.87. The maximum absolute atomic E-state index is 12.3. The Bertz CT molecular complexity index is 277. The number of hydrogen-bond donors (Lipinski definition) is 2. The van der Waals surface area contributed by atoms with Crippen LogP contribution in [-0.4, -0.2) is 24.5 Å². The van der Waals surface area contributed by atoms with E-state index < -0.39 is 0 Å². The van der Waals surface area contributed by atoms with Crippen LogP contribution >= 0.6 is 0 Å². The molecule has 0 aromatic carbocycles. The maximum atomic E-state index is 12.3. The molecule has 0 bridgehead atoms. The third-order valence-electron chi connectivity index (χ3n) is 4.33. The lowest BCUT2D eigenvalue weighted by Gasteiger charge is -2.49. The lowest BCUT2D eigenvalue weighted by molar-refractivity contribution is -0.135. The van der Waals surface area contributed by atoms with Crippen LogP contribution in [0.5, 0.6) is 0 Å². The van der Waals surface area contributed by atoms with Crippen molar-refractivity contribution in [3.8, 4) is 0 Å². The van der Waals surface area contributed by atoms with E-state index in [0.717, 1.165) is 19.5 Å². The summed E-state index contributed by atoms with van der Waals surface area (Å²) >= 11 is 0. The number of amides is 1. The van der Waals surface area contributed by atoms with Crippen LogP contribution in [0.4, 0.5) is 0 Å². The zero-order valence-electron chi connectivity index (χ0n) is 10.7. The monoisotopic (exact) mass is 224 g/mol. The summed E-state index contributed by atoms with van der Waals surface area (Å²) in [4.78, 5) is 12.3. The zero-order valence-corrected chi connectivity index (χ0v) is 10.7. The van der Waals surface area contributed by atoms with Crippen LogP contribution in [0.25, 0.3) is 0 Å². The highest BCUT2D eigenvalue weighted by Gasteiger charge is 2.50. The number of carbonyl (C=O) groups is 1. The molecule has 0 aromatic heterocycles. The Morgan fingerprint density at radius 3 is 2.69 bits per heavy atom. The third kappa shape index (κ3) is 1.86. The van der Waals surface area contributed by atoms with E-state index in [1.807, 2.05) is 0 Å². The molecule has 2 fully saturated rings. The first-order valence-electron chi connectivity index (χ1n) is 6.59. The van der Waals surface area contributed by atoms with E-state index in [1.165, 1.54) is 12.8 Å². The number of piperazine rings is 1. The molecule has 92 valence electrons. The van der Waals surface area contributed by atoms with Crippen molar-refractivity contribution in [2.75, 3.05) is 13.1 Å². The Hall–Kier alpha value is -0.570. The van der Waals surface area contributed by atoms with Gasteiger partial charge in [-0.2, -0.15) is 0 Å².